The molecule has 14 heavy (non-hydrogen) atoms. The molecule has 0 aromatic heterocycles. The first-order chi connectivity index (χ1) is 6.72. The minimum Gasteiger partial charge on any atom is -0.355 e. The van der Waals surface area contributed by atoms with E-state index in [1.807, 2.05) is 6.92 Å². The second-order valence-corrected chi connectivity index (χ2v) is 3.58. The van der Waals surface area contributed by atoms with E-state index in [0.29, 0.717) is 13.1 Å². The topological polar surface area (TPSA) is 47.6 Å². The van der Waals surface area contributed by atoms with Crippen LogP contribution in [-0.2, 0) is 4.79 Å². The predicted molar refractivity (Wildman–Crippen MR) is 55.8 cm³/mol. The highest BCUT2D eigenvalue weighted by Crippen LogP contribution is 1.94. The van der Waals surface area contributed by atoms with Crippen molar-refractivity contribution in [3.05, 3.63) is 0 Å². The molecule has 2 N–H and O–H groups in total. The SMILES string of the molecule is CCNC(=O)CNN1CCN(C)CC1. The van der Waals surface area contributed by atoms with Gasteiger partial charge in [0.25, 0.3) is 0 Å². The Balaban J connectivity index is 2.09. The zero-order valence-corrected chi connectivity index (χ0v) is 9.05. The number of nitrogens with zero attached hydrogens (tertiary/aromatic N) is 2. The number of hydrogen-bond donors (Lipinski definition) is 2. The number of likely N-dealkylation sites (N-methyl/N-ethyl adjacent to an activating group) is 2. The quantitative estimate of drug-likeness (QED) is 0.603. The Hall–Kier alpha value is -0.650. The van der Waals surface area contributed by atoms with Gasteiger partial charge in [0.15, 0.2) is 0 Å². The summed E-state index contributed by atoms with van der Waals surface area (Å²) in [6.45, 7) is 7.09. The molecule has 1 rings (SSSR count). The molecule has 1 aliphatic heterocycles. The summed E-state index contributed by atoms with van der Waals surface area (Å²) in [6.07, 6.45) is 0. The normalized spacial score (nSPS) is 19.6. The molecule has 0 spiro atoms. The molecule has 82 valence electrons. The van der Waals surface area contributed by atoms with E-state index >= 15 is 0 Å². The highest BCUT2D eigenvalue weighted by molar-refractivity contribution is 5.77. The Labute approximate surface area is 85.4 Å². The van der Waals surface area contributed by atoms with Gasteiger partial charge >= 0.3 is 0 Å². The van der Waals surface area contributed by atoms with Gasteiger partial charge in [-0.3, -0.25) is 4.79 Å². The summed E-state index contributed by atoms with van der Waals surface area (Å²) in [5.74, 6) is 0.0615. The summed E-state index contributed by atoms with van der Waals surface area (Å²) in [7, 11) is 2.11. The molecule has 5 nitrogen and oxygen atoms in total. The standard InChI is InChI=1S/C9H20N4O/c1-3-10-9(14)8-11-13-6-4-12(2)5-7-13/h11H,3-8H2,1-2H3,(H,10,14). The molecular weight excluding hydrogens is 180 g/mol. The molecule has 0 aromatic rings. The van der Waals surface area contributed by atoms with E-state index in [1.165, 1.54) is 0 Å². The maximum Gasteiger partial charge on any atom is 0.235 e. The number of amides is 1. The van der Waals surface area contributed by atoms with Gasteiger partial charge in [0, 0.05) is 32.7 Å². The van der Waals surface area contributed by atoms with Crippen molar-refractivity contribution in [1.82, 2.24) is 20.7 Å². The summed E-state index contributed by atoms with van der Waals surface area (Å²) in [5.41, 5.74) is 3.12. The van der Waals surface area contributed by atoms with Gasteiger partial charge in [-0.1, -0.05) is 0 Å². The molecule has 5 heteroatoms. The van der Waals surface area contributed by atoms with Gasteiger partial charge in [-0.05, 0) is 14.0 Å². The van der Waals surface area contributed by atoms with Crippen LogP contribution in [0.4, 0.5) is 0 Å². The third kappa shape index (κ3) is 4.04. The van der Waals surface area contributed by atoms with Crippen LogP contribution in [0.5, 0.6) is 0 Å². The van der Waals surface area contributed by atoms with Crippen molar-refractivity contribution in [2.75, 3.05) is 46.3 Å². The maximum absolute atomic E-state index is 11.1. The Bertz CT molecular complexity index is 178. The third-order valence-electron chi connectivity index (χ3n) is 2.34. The van der Waals surface area contributed by atoms with Crippen LogP contribution in [0.15, 0.2) is 0 Å². The van der Waals surface area contributed by atoms with Crippen molar-refractivity contribution in [2.24, 2.45) is 0 Å². The Morgan fingerprint density at radius 2 is 1.93 bits per heavy atom. The summed E-state index contributed by atoms with van der Waals surface area (Å²) < 4.78 is 0. The number of piperazine rings is 1. The van der Waals surface area contributed by atoms with E-state index in [0.717, 1.165) is 26.2 Å². The van der Waals surface area contributed by atoms with Crippen molar-refractivity contribution in [3.8, 4) is 0 Å². The molecule has 1 amide bonds. The Kier molecular flexibility index (Phi) is 4.86. The Morgan fingerprint density at radius 3 is 2.50 bits per heavy atom. The maximum atomic E-state index is 11.1. The van der Waals surface area contributed by atoms with Crippen LogP contribution in [0.1, 0.15) is 6.92 Å². The van der Waals surface area contributed by atoms with Crippen molar-refractivity contribution < 1.29 is 4.79 Å². The van der Waals surface area contributed by atoms with Gasteiger partial charge in [0.1, 0.15) is 0 Å². The highest BCUT2D eigenvalue weighted by Gasteiger charge is 2.13. The zero-order valence-electron chi connectivity index (χ0n) is 9.05. The first kappa shape index (κ1) is 11.4. The fourth-order valence-corrected chi connectivity index (χ4v) is 1.41. The summed E-state index contributed by atoms with van der Waals surface area (Å²) in [6, 6.07) is 0. The van der Waals surface area contributed by atoms with Crippen molar-refractivity contribution >= 4 is 5.91 Å². The lowest BCUT2D eigenvalue weighted by Gasteiger charge is -2.32. The van der Waals surface area contributed by atoms with Gasteiger partial charge in [0.05, 0.1) is 6.54 Å². The minimum absolute atomic E-state index is 0.0615. The molecule has 0 unspecified atom stereocenters. The minimum atomic E-state index is 0.0615. The molecule has 0 aliphatic carbocycles. The number of hydrazine groups is 1. The number of rotatable bonds is 4. The number of carbonyl (C=O) groups is 1. The second kappa shape index (κ2) is 5.95. The average Bonchev–Trinajstić information content (AvgIpc) is 2.17. The van der Waals surface area contributed by atoms with Crippen LogP contribution < -0.4 is 10.7 Å². The van der Waals surface area contributed by atoms with Crippen LogP contribution in [0, 0.1) is 0 Å². The molecule has 0 atom stereocenters. The molecule has 1 fully saturated rings. The van der Waals surface area contributed by atoms with Crippen molar-refractivity contribution in [2.45, 2.75) is 6.92 Å². The van der Waals surface area contributed by atoms with Gasteiger partial charge < -0.3 is 10.2 Å². The molecule has 0 bridgehead atoms. The molecule has 1 heterocycles. The highest BCUT2D eigenvalue weighted by atomic mass is 16.2. The van der Waals surface area contributed by atoms with E-state index in [9.17, 15) is 4.79 Å². The molecule has 0 saturated carbocycles. The van der Waals surface area contributed by atoms with Gasteiger partial charge in [0.2, 0.25) is 5.91 Å². The molecule has 1 saturated heterocycles. The van der Waals surface area contributed by atoms with E-state index in [-0.39, 0.29) is 5.91 Å². The summed E-state index contributed by atoms with van der Waals surface area (Å²) in [5, 5.41) is 4.86. The first-order valence-electron chi connectivity index (χ1n) is 5.16. The van der Waals surface area contributed by atoms with Crippen LogP contribution in [-0.4, -0.2) is 62.1 Å². The lowest BCUT2D eigenvalue weighted by molar-refractivity contribution is -0.121. The lowest BCUT2D eigenvalue weighted by atomic mass is 10.4. The number of carbonyl (C=O) groups excluding carboxylic acids is 1. The van der Waals surface area contributed by atoms with Crippen LogP contribution in [0.3, 0.4) is 0 Å². The van der Waals surface area contributed by atoms with Gasteiger partial charge in [-0.15, -0.1) is 0 Å². The van der Waals surface area contributed by atoms with Crippen molar-refractivity contribution in [1.29, 1.82) is 0 Å². The first-order valence-corrected chi connectivity index (χ1v) is 5.16. The number of nitrogens with one attached hydrogen (secondary N) is 2. The van der Waals surface area contributed by atoms with E-state index in [2.05, 4.69) is 27.7 Å². The smallest absolute Gasteiger partial charge is 0.235 e. The molecule has 0 aromatic carbocycles. The Morgan fingerprint density at radius 1 is 1.29 bits per heavy atom. The van der Waals surface area contributed by atoms with Crippen LogP contribution in [0.2, 0.25) is 0 Å². The zero-order chi connectivity index (χ0) is 10.4. The van der Waals surface area contributed by atoms with E-state index in [4.69, 9.17) is 0 Å². The fourth-order valence-electron chi connectivity index (χ4n) is 1.41. The van der Waals surface area contributed by atoms with Gasteiger partial charge in [-0.25, -0.2) is 10.4 Å². The predicted octanol–water partition coefficient (Wildman–Crippen LogP) is -1.13. The molecule has 0 radical (unpaired) electrons. The third-order valence-corrected chi connectivity index (χ3v) is 2.34. The summed E-state index contributed by atoms with van der Waals surface area (Å²) >= 11 is 0. The monoisotopic (exact) mass is 200 g/mol. The van der Waals surface area contributed by atoms with Gasteiger partial charge in [-0.2, -0.15) is 0 Å². The molecule has 1 aliphatic rings. The van der Waals surface area contributed by atoms with Crippen LogP contribution >= 0.6 is 0 Å². The lowest BCUT2D eigenvalue weighted by Crippen LogP contribution is -2.52. The van der Waals surface area contributed by atoms with E-state index < -0.39 is 0 Å². The van der Waals surface area contributed by atoms with E-state index in [1.54, 1.807) is 0 Å². The fraction of sp³-hybridized carbons (Fsp3) is 0.889. The second-order valence-electron chi connectivity index (χ2n) is 3.58. The average molecular weight is 200 g/mol. The summed E-state index contributed by atoms with van der Waals surface area (Å²) in [4.78, 5) is 13.4. The van der Waals surface area contributed by atoms with Crippen LogP contribution in [0.25, 0.3) is 0 Å². The number of hydrogen-bond acceptors (Lipinski definition) is 4. The largest absolute Gasteiger partial charge is 0.355 e. The van der Waals surface area contributed by atoms with Crippen molar-refractivity contribution in [3.63, 3.8) is 0 Å². The molecular formula is C9H20N4O.